The zero-order chi connectivity index (χ0) is 94.9. The Morgan fingerprint density at radius 1 is 0.555 bits per heavy atom. The predicted octanol–water partition coefficient (Wildman–Crippen LogP) is 24.8. The van der Waals surface area contributed by atoms with E-state index >= 15 is 0 Å². The summed E-state index contributed by atoms with van der Waals surface area (Å²) in [6, 6.07) is 20.8. The third kappa shape index (κ3) is 27.3. The molecule has 1 saturated heterocycles. The number of imide groups is 2. The van der Waals surface area contributed by atoms with Crippen LogP contribution >= 0.6 is 43.8 Å². The highest BCUT2D eigenvalue weighted by atomic mass is 32.9. The van der Waals surface area contributed by atoms with E-state index in [0.717, 1.165) is 31.2 Å². The summed E-state index contributed by atoms with van der Waals surface area (Å²) in [7, 11) is 5.30. The topological polar surface area (TPSA) is 136 Å². The maximum atomic E-state index is 14.1. The summed E-state index contributed by atoms with van der Waals surface area (Å²) in [6.45, 7) is 9.13. The number of hydrogen-bond donors (Lipinski definition) is 1. The first-order chi connectivity index (χ1) is 54.7. The van der Waals surface area contributed by atoms with Crippen LogP contribution in [0.5, 0.6) is 0 Å². The van der Waals surface area contributed by atoms with Crippen LogP contribution in [-0.4, -0.2) is 173 Å². The summed E-state index contributed by atoms with van der Waals surface area (Å²) in [5, 5.41) is 18.0. The van der Waals surface area contributed by atoms with Crippen LogP contribution in [0, 0.1) is 23.2 Å². The molecule has 2 heterocycles. The van der Waals surface area contributed by atoms with Crippen molar-refractivity contribution in [3.05, 3.63) is 90.5 Å². The molecule has 0 bridgehead atoms. The van der Waals surface area contributed by atoms with Crippen LogP contribution in [0.4, 0.5) is 149 Å². The number of halogens is 34. The van der Waals surface area contributed by atoms with Gasteiger partial charge in [0.05, 0.1) is 14.7 Å². The number of nitriles is 1. The maximum Gasteiger partial charge on any atom is 0.460 e. The second-order valence-corrected chi connectivity index (χ2v) is 33.2. The lowest BCUT2D eigenvalue weighted by atomic mass is 9.85. The SMILES string of the molecule is C=Cc1ccccc1.CC(CC1C(=O)N(CCCCC(F)(F)C(F)(F)C(F)(F)C(F)(F)C(F)(F)C(F)(F)C(F)(F)C(F)(F)F)C(=O)C1C)c1ccccc1.CCCCCCCCCCCCSC(=S)SC(C)(C#N)CCC(=O)O.O=C1C=CC(=O)N1CCCCC(F)(F)C(F)(F)C(F)(F)C(F)(F)C(F)(F)C(F)(F)C(F)(F)C(F)(F)F.[2H]C([3H])=S=S=P. The minimum Gasteiger partial charge on any atom is -0.481 e. The molecule has 9 nitrogen and oxygen atoms in total. The third-order valence-corrected chi connectivity index (χ3v) is 21.6. The van der Waals surface area contributed by atoms with Gasteiger partial charge in [-0.1, -0.05) is 195 Å². The predicted molar refractivity (Wildman–Crippen MR) is 386 cm³/mol. The standard InChI is InChI=1S/C26H24F17NO2.C19H33NO2S3.C16H10F17NO2.C8H8.CH3PS2/c1-13(15-8-4-3-5-9-15)12-16-14(2)17(45)44(18(16)46)11-7-6-10-19(27,28)20(29,30)21(31,32)22(33,34)23(35,36)24(37,38)25(39,40)26(41,42)43;1-3-4-5-6-7-8-9-10-11-12-15-24-18(23)25-19(2,16-20)14-13-17(21)22;17-9(18,5-1-2-6-34-7(35)3-4-8(34)36)10(19,20)11(21,22)12(23,24)13(25,26)14(27,28)15(29,30)16(31,32)33;1-2-8-6-4-3-5-7-8;1-3-4-2/h3-5,8-9,13-14,16H,6-7,10-12H2,1-2H3;3-15H2,1-2H3,(H,21,22);3-4H,1-2,5-6H2;2-7H,1H2;2H,1H2/i;;;;1TD. The monoisotopic (exact) mass is 1900 g/mol. The largest absolute Gasteiger partial charge is 0.481 e. The lowest BCUT2D eigenvalue weighted by molar-refractivity contribution is -0.461. The van der Waals surface area contributed by atoms with Gasteiger partial charge in [-0.15, -0.1) is 11.8 Å². The first-order valence-electron chi connectivity index (χ1n) is 35.6. The fraction of sp³-hybridized carbons (Fsp3) is 0.657. The van der Waals surface area contributed by atoms with Crippen LogP contribution in [0.25, 0.3) is 6.08 Å². The molecule has 0 saturated carbocycles. The van der Waals surface area contributed by atoms with Gasteiger partial charge in [0.1, 0.15) is 8.28 Å². The van der Waals surface area contributed by atoms with E-state index in [-0.39, 0.29) is 24.6 Å². The molecule has 0 aromatic heterocycles. The zero-order valence-corrected chi connectivity index (χ0v) is 67.3. The summed E-state index contributed by atoms with van der Waals surface area (Å²) >= 11 is 8.31. The number of carbonyl (C=O) groups excluding carboxylic acids is 4. The second-order valence-electron chi connectivity index (χ2n) is 26.5. The van der Waals surface area contributed by atoms with Gasteiger partial charge in [0.15, 0.2) is 0 Å². The number of thiocarbonyl (C=S) groups is 1. The number of likely N-dealkylation sites (tertiary alicyclic amines) is 1. The normalized spacial score (nSPS) is 16.9. The van der Waals surface area contributed by atoms with Gasteiger partial charge in [0, 0.05) is 50.4 Å². The molecule has 2 aromatic carbocycles. The molecule has 119 heavy (non-hydrogen) atoms. The quantitative estimate of drug-likeness (QED) is 0.0225. The average Bonchev–Trinajstić information content (AvgIpc) is 1.06. The van der Waals surface area contributed by atoms with Crippen molar-refractivity contribution in [3.63, 3.8) is 0 Å². The Hall–Kier alpha value is -5.82. The van der Waals surface area contributed by atoms with Crippen molar-refractivity contribution >= 4 is 108 Å². The number of unbranched alkanes of at least 4 members (excludes halogenated alkanes) is 11. The fourth-order valence-corrected chi connectivity index (χ4v) is 13.4. The summed E-state index contributed by atoms with van der Waals surface area (Å²) in [4.78, 5) is 59.3. The molecule has 2 aromatic rings. The van der Waals surface area contributed by atoms with Crippen molar-refractivity contribution in [1.29, 1.82) is 5.26 Å². The Balaban J connectivity index is 0.00000170. The molecule has 4 unspecified atom stereocenters. The average molecular weight is 1900 g/mol. The molecule has 1 N–H and O–H groups in total. The highest BCUT2D eigenvalue weighted by molar-refractivity contribution is 8.47. The van der Waals surface area contributed by atoms with Crippen molar-refractivity contribution in [2.24, 2.45) is 11.8 Å². The molecule has 1 fully saturated rings. The van der Waals surface area contributed by atoms with Crippen LogP contribution in [0.2, 0.25) is 0 Å². The minimum absolute atomic E-state index is 0.00276. The highest BCUT2D eigenvalue weighted by Crippen LogP contribution is 2.67. The number of thioether (sulfide) groups is 2. The number of aliphatic carboxylic acids is 1. The van der Waals surface area contributed by atoms with Gasteiger partial charge in [-0.2, -0.15) is 155 Å². The van der Waals surface area contributed by atoms with Crippen molar-refractivity contribution in [1.82, 2.24) is 9.80 Å². The van der Waals surface area contributed by atoms with Crippen molar-refractivity contribution < 1.29 is 181 Å². The number of nitrogens with zero attached hydrogens (tertiary/aromatic N) is 3. The Morgan fingerprint density at radius 3 is 1.24 bits per heavy atom. The number of alkyl halides is 34. The Labute approximate surface area is 684 Å². The molecule has 2 aliphatic rings. The van der Waals surface area contributed by atoms with E-state index in [1.807, 2.05) is 36.4 Å². The maximum absolute atomic E-state index is 14.1. The molecule has 0 aliphatic carbocycles. The molecule has 4 rings (SSSR count). The molecule has 4 atom stereocenters. The molecule has 0 spiro atoms. The van der Waals surface area contributed by atoms with Crippen LogP contribution in [0.15, 0.2) is 79.4 Å². The molecule has 49 heteroatoms. The summed E-state index contributed by atoms with van der Waals surface area (Å²) < 4.78 is 464. The third-order valence-electron chi connectivity index (χ3n) is 17.7. The zero-order valence-electron chi connectivity index (χ0n) is 64.2. The summed E-state index contributed by atoms with van der Waals surface area (Å²) in [6.07, 6.45) is -8.60. The molecule has 0 radical (unpaired) electrons. The van der Waals surface area contributed by atoms with Crippen molar-refractivity contribution in [2.75, 3.05) is 18.8 Å². The molecule has 4 amide bonds. The number of carboxylic acid groups (broad SMARTS) is 1. The van der Waals surface area contributed by atoms with Gasteiger partial charge in [-0.05, 0) is 88.5 Å². The number of carbonyl (C=O) groups is 5. The molecular formula is C70H78F34N3O6PS5. The second kappa shape index (κ2) is 45.2. The van der Waals surface area contributed by atoms with E-state index in [1.54, 1.807) is 55.9 Å². The summed E-state index contributed by atoms with van der Waals surface area (Å²) in [5.74, 6) is -119. The molecule has 682 valence electrons. The Kier molecular flexibility index (Phi) is 41.5. The van der Waals surface area contributed by atoms with Crippen LogP contribution in [-0.2, 0) is 43.4 Å². The van der Waals surface area contributed by atoms with E-state index in [9.17, 15) is 179 Å². The minimum atomic E-state index is -8.68. The number of carboxylic acids is 1. The van der Waals surface area contributed by atoms with Crippen molar-refractivity contribution in [2.45, 2.75) is 256 Å². The molecular weight excluding hydrogens is 1820 g/mol. The van der Waals surface area contributed by atoms with E-state index < -0.39 is 193 Å². The van der Waals surface area contributed by atoms with Gasteiger partial charge in [0.25, 0.3) is 11.8 Å². The number of benzene rings is 2. The molecule has 2 aliphatic heterocycles. The highest BCUT2D eigenvalue weighted by Gasteiger charge is 2.97. The van der Waals surface area contributed by atoms with E-state index in [1.165, 1.54) is 91.5 Å². The first-order valence-corrected chi connectivity index (χ1v) is 40.2. The summed E-state index contributed by atoms with van der Waals surface area (Å²) in [5.41, 5.74) is 1.96. The number of amides is 4. The van der Waals surface area contributed by atoms with Crippen molar-refractivity contribution in [3.8, 4) is 6.07 Å². The van der Waals surface area contributed by atoms with Gasteiger partial charge < -0.3 is 5.11 Å². The Morgan fingerprint density at radius 2 is 0.908 bits per heavy atom. The van der Waals surface area contributed by atoms with Gasteiger partial charge >= 0.3 is 101 Å². The van der Waals surface area contributed by atoms with E-state index in [2.05, 4.69) is 27.6 Å². The Bertz CT molecular complexity index is 3870. The van der Waals surface area contributed by atoms with E-state index in [4.69, 9.17) is 20.1 Å². The van der Waals surface area contributed by atoms with E-state index in [0.29, 0.717) is 28.4 Å². The van der Waals surface area contributed by atoms with Crippen LogP contribution in [0.1, 0.15) is 169 Å². The van der Waals surface area contributed by atoms with Crippen LogP contribution < -0.4 is 0 Å². The lowest BCUT2D eigenvalue weighted by Gasteiger charge is -2.42. The number of rotatable bonds is 41. The van der Waals surface area contributed by atoms with Gasteiger partial charge in [-0.25, -0.2) is 0 Å². The number of hydrogen-bond acceptors (Lipinski definition) is 9. The first kappa shape index (κ1) is 109. The van der Waals surface area contributed by atoms with Gasteiger partial charge in [-0.3, -0.25) is 33.8 Å². The smallest absolute Gasteiger partial charge is 0.460 e. The van der Waals surface area contributed by atoms with Crippen LogP contribution in [0.3, 0.4) is 0 Å². The lowest BCUT2D eigenvalue weighted by Crippen LogP contribution is -2.74. The fourth-order valence-electron chi connectivity index (χ4n) is 10.4. The van der Waals surface area contributed by atoms with Gasteiger partial charge in [0.2, 0.25) is 11.8 Å².